The molecule has 23 heteroatoms. The van der Waals surface area contributed by atoms with Gasteiger partial charge in [0.15, 0.2) is 5.78 Å². The van der Waals surface area contributed by atoms with Gasteiger partial charge in [0.1, 0.15) is 17.5 Å². The van der Waals surface area contributed by atoms with Gasteiger partial charge in [-0.05, 0) is 62.9 Å². The van der Waals surface area contributed by atoms with Crippen LogP contribution in [0.15, 0.2) is 47.5 Å². The molecule has 4 aromatic rings. The van der Waals surface area contributed by atoms with E-state index < -0.39 is 29.7 Å². The van der Waals surface area contributed by atoms with Crippen LogP contribution in [0.4, 0.5) is 23.1 Å². The zero-order valence-electron chi connectivity index (χ0n) is 42.0. The highest BCUT2D eigenvalue weighted by Crippen LogP contribution is 2.34. The number of aryl methyl sites for hydroxylation is 1. The van der Waals surface area contributed by atoms with Crippen LogP contribution in [0.3, 0.4) is 0 Å². The van der Waals surface area contributed by atoms with E-state index in [0.29, 0.717) is 120 Å². The van der Waals surface area contributed by atoms with Crippen molar-refractivity contribution in [2.45, 2.75) is 64.5 Å². The fourth-order valence-electron chi connectivity index (χ4n) is 9.66. The zero-order chi connectivity index (χ0) is 52.0. The molecular formula is C51H65N11O12. The summed E-state index contributed by atoms with van der Waals surface area (Å²) in [5.41, 5.74) is 2.86. The number of amides is 5. The van der Waals surface area contributed by atoms with Crippen molar-refractivity contribution in [3.05, 3.63) is 75.3 Å². The molecule has 396 valence electrons. The van der Waals surface area contributed by atoms with Crippen LogP contribution in [0, 0.1) is 6.92 Å². The number of fused-ring (bicyclic) bond motifs is 2. The largest absolute Gasteiger partial charge is 0.382 e. The summed E-state index contributed by atoms with van der Waals surface area (Å²) in [5.74, 6) is -1.65. The van der Waals surface area contributed by atoms with E-state index in [1.807, 2.05) is 12.1 Å². The van der Waals surface area contributed by atoms with Gasteiger partial charge in [0.05, 0.1) is 101 Å². The first-order valence-electron chi connectivity index (χ1n) is 25.4. The monoisotopic (exact) mass is 1020 g/mol. The molecule has 1 aromatic carbocycles. The average molecular weight is 1020 g/mol. The number of ketones is 1. The molecule has 1 saturated carbocycles. The number of Topliss-reactive ketones (excluding diaryl/α,β-unsaturated/α-hetero) is 1. The SMILES string of the molecule is CC(=O)c1c(C)c2cnc(Nc3ccc(N4CCN(CC(=O)NCCOCCOCCOCCOCCOCCNc5cccc6c5C(=O)N(C5CCC(=O)NC5=O)C6=O)CC4)cn3)nc2n(C2CCCC2)c1=O. The summed E-state index contributed by atoms with van der Waals surface area (Å²) >= 11 is 0. The molecule has 1 aliphatic carbocycles. The number of anilines is 4. The van der Waals surface area contributed by atoms with Crippen molar-refractivity contribution in [3.63, 3.8) is 0 Å². The highest BCUT2D eigenvalue weighted by molar-refractivity contribution is 6.25. The van der Waals surface area contributed by atoms with Crippen molar-refractivity contribution in [1.82, 2.24) is 40.0 Å². The molecule has 3 fully saturated rings. The quantitative estimate of drug-likeness (QED) is 0.0379. The molecule has 0 spiro atoms. The van der Waals surface area contributed by atoms with E-state index in [1.54, 1.807) is 42.1 Å². The summed E-state index contributed by atoms with van der Waals surface area (Å²) in [4.78, 5) is 108. The van der Waals surface area contributed by atoms with Crippen LogP contribution in [0.25, 0.3) is 11.0 Å². The molecule has 5 amide bonds. The number of piperazine rings is 1. The number of nitrogens with one attached hydrogen (secondary N) is 4. The van der Waals surface area contributed by atoms with Crippen LogP contribution < -0.4 is 31.7 Å². The molecule has 2 saturated heterocycles. The maximum atomic E-state index is 13.6. The summed E-state index contributed by atoms with van der Waals surface area (Å²) in [7, 11) is 0. The summed E-state index contributed by atoms with van der Waals surface area (Å²) in [6, 6.07) is 7.71. The predicted octanol–water partition coefficient (Wildman–Crippen LogP) is 2.39. The lowest BCUT2D eigenvalue weighted by atomic mass is 10.0. The van der Waals surface area contributed by atoms with Gasteiger partial charge in [-0.3, -0.25) is 53.2 Å². The number of hydrogen-bond donors (Lipinski definition) is 4. The lowest BCUT2D eigenvalue weighted by Gasteiger charge is -2.35. The van der Waals surface area contributed by atoms with Gasteiger partial charge in [0.2, 0.25) is 23.7 Å². The van der Waals surface area contributed by atoms with Crippen LogP contribution in [-0.2, 0) is 38.1 Å². The maximum absolute atomic E-state index is 13.6. The molecule has 3 aromatic heterocycles. The topological polar surface area (TPSA) is 267 Å². The minimum absolute atomic E-state index is 0.00889. The second-order valence-corrected chi connectivity index (χ2v) is 18.4. The smallest absolute Gasteiger partial charge is 0.264 e. The van der Waals surface area contributed by atoms with Gasteiger partial charge in [0.25, 0.3) is 17.4 Å². The normalized spacial score (nSPS) is 17.3. The van der Waals surface area contributed by atoms with E-state index in [-0.39, 0.29) is 52.8 Å². The van der Waals surface area contributed by atoms with E-state index >= 15 is 0 Å². The van der Waals surface area contributed by atoms with Gasteiger partial charge >= 0.3 is 0 Å². The third-order valence-corrected chi connectivity index (χ3v) is 13.4. The Kier molecular flexibility index (Phi) is 18.8. The Morgan fingerprint density at radius 1 is 0.757 bits per heavy atom. The molecule has 4 aliphatic rings. The molecule has 3 aliphatic heterocycles. The second kappa shape index (κ2) is 25.9. The van der Waals surface area contributed by atoms with Crippen molar-refractivity contribution in [2.75, 3.05) is 127 Å². The first kappa shape index (κ1) is 53.5. The van der Waals surface area contributed by atoms with Crippen molar-refractivity contribution >= 4 is 69.5 Å². The number of pyridine rings is 2. The van der Waals surface area contributed by atoms with Crippen molar-refractivity contribution in [3.8, 4) is 0 Å². The number of nitrogens with zero attached hydrogens (tertiary/aromatic N) is 7. The molecule has 4 N–H and O–H groups in total. The van der Waals surface area contributed by atoms with Crippen LogP contribution in [0.2, 0.25) is 0 Å². The van der Waals surface area contributed by atoms with Crippen LogP contribution in [0.5, 0.6) is 0 Å². The standard InChI is InChI=1S/C51H65N11O12/c1-33-38-31-55-51(58-46(38)61(35-6-3-4-7-35)49(68)44(33)34(2)63)56-41-12-10-36(30-54-41)60-18-16-59(17-19-60)32-43(65)53-15-21-71-23-25-73-27-29-74-28-26-72-24-22-70-20-14-52-39-9-5-8-37-45(39)50(69)62(48(37)67)40-11-13-42(64)57-47(40)66/h5,8-10,12,30-31,35,40,52H,3-4,6-7,11,13-29,32H2,1-2H3,(H,53,65)(H,57,64,66)(H,54,55,56,58). The summed E-state index contributed by atoms with van der Waals surface area (Å²) in [6.45, 7) is 11.0. The summed E-state index contributed by atoms with van der Waals surface area (Å²) < 4.78 is 29.6. The number of carbonyl (C=O) groups excluding carboxylic acids is 6. The van der Waals surface area contributed by atoms with E-state index in [4.69, 9.17) is 28.7 Å². The van der Waals surface area contributed by atoms with E-state index in [1.165, 1.54) is 6.92 Å². The summed E-state index contributed by atoms with van der Waals surface area (Å²) in [6.07, 6.45) is 7.40. The van der Waals surface area contributed by atoms with Gasteiger partial charge in [-0.2, -0.15) is 4.98 Å². The van der Waals surface area contributed by atoms with Gasteiger partial charge in [0, 0.05) is 69.0 Å². The molecule has 1 atom stereocenters. The second-order valence-electron chi connectivity index (χ2n) is 18.4. The van der Waals surface area contributed by atoms with Crippen molar-refractivity contribution in [1.29, 1.82) is 0 Å². The molecule has 0 bridgehead atoms. The average Bonchev–Trinajstić information content (AvgIpc) is 4.02. The van der Waals surface area contributed by atoms with Gasteiger partial charge in [-0.25, -0.2) is 9.97 Å². The molecule has 23 nitrogen and oxygen atoms in total. The fourth-order valence-corrected chi connectivity index (χ4v) is 9.66. The van der Waals surface area contributed by atoms with Crippen LogP contribution in [0.1, 0.15) is 88.1 Å². The number of hydrogen-bond acceptors (Lipinski definition) is 19. The molecule has 6 heterocycles. The van der Waals surface area contributed by atoms with Crippen LogP contribution in [-0.4, -0.2) is 183 Å². The summed E-state index contributed by atoms with van der Waals surface area (Å²) in [5, 5.41) is 12.1. The lowest BCUT2D eigenvalue weighted by Crippen LogP contribution is -2.54. The number of rotatable bonds is 27. The molecule has 0 radical (unpaired) electrons. The first-order chi connectivity index (χ1) is 36.0. The molecular weight excluding hydrogens is 959 g/mol. The minimum atomic E-state index is -1.02. The maximum Gasteiger partial charge on any atom is 0.264 e. The fraction of sp³-hybridized carbons (Fsp3) is 0.529. The third-order valence-electron chi connectivity index (χ3n) is 13.4. The Balaban J connectivity index is 0.610. The third kappa shape index (κ3) is 13.3. The number of ether oxygens (including phenoxy) is 5. The molecule has 1 unspecified atom stereocenters. The Morgan fingerprint density at radius 2 is 1.42 bits per heavy atom. The Bertz CT molecular complexity index is 2720. The van der Waals surface area contributed by atoms with Crippen LogP contribution >= 0.6 is 0 Å². The van der Waals surface area contributed by atoms with E-state index in [9.17, 15) is 33.6 Å². The first-order valence-corrected chi connectivity index (χ1v) is 25.4. The van der Waals surface area contributed by atoms with Crippen molar-refractivity contribution in [2.24, 2.45) is 0 Å². The van der Waals surface area contributed by atoms with Gasteiger partial charge in [-0.15, -0.1) is 0 Å². The van der Waals surface area contributed by atoms with Crippen molar-refractivity contribution < 1.29 is 52.5 Å². The Morgan fingerprint density at radius 3 is 2.05 bits per heavy atom. The minimum Gasteiger partial charge on any atom is -0.382 e. The number of benzene rings is 1. The Labute approximate surface area is 428 Å². The molecule has 74 heavy (non-hydrogen) atoms. The number of aromatic nitrogens is 4. The van der Waals surface area contributed by atoms with Gasteiger partial charge < -0.3 is 44.5 Å². The highest BCUT2D eigenvalue weighted by atomic mass is 16.6. The highest BCUT2D eigenvalue weighted by Gasteiger charge is 2.45. The Hall–Kier alpha value is -6.76. The molecule has 8 rings (SSSR count). The number of carbonyl (C=O) groups is 6. The van der Waals surface area contributed by atoms with Gasteiger partial charge in [-0.1, -0.05) is 18.9 Å². The predicted molar refractivity (Wildman–Crippen MR) is 271 cm³/mol. The van der Waals surface area contributed by atoms with E-state index in [0.717, 1.165) is 62.4 Å². The van der Waals surface area contributed by atoms with E-state index in [2.05, 4.69) is 41.0 Å². The number of piperidine rings is 1. The lowest BCUT2D eigenvalue weighted by molar-refractivity contribution is -0.136. The number of imide groups is 2. The zero-order valence-corrected chi connectivity index (χ0v) is 42.0.